The molecule has 2 saturated heterocycles. The maximum absolute atomic E-state index is 12.8. The largest absolute Gasteiger partial charge is 0.481 e. The molecule has 11 heteroatoms. The van der Waals surface area contributed by atoms with E-state index in [1.54, 1.807) is 0 Å². The lowest BCUT2D eigenvalue weighted by Gasteiger charge is -2.08. The summed E-state index contributed by atoms with van der Waals surface area (Å²) in [6.45, 7) is 9.88. The van der Waals surface area contributed by atoms with E-state index < -0.39 is 11.9 Å². The third-order valence-electron chi connectivity index (χ3n) is 9.50. The summed E-state index contributed by atoms with van der Waals surface area (Å²) in [6.07, 6.45) is 4.92. The summed E-state index contributed by atoms with van der Waals surface area (Å²) in [6, 6.07) is 0. The number of hydrogen-bond donors (Lipinski definition) is 5. The highest BCUT2D eigenvalue weighted by atomic mass is 32.2. The summed E-state index contributed by atoms with van der Waals surface area (Å²) < 4.78 is -0.313. The van der Waals surface area contributed by atoms with Gasteiger partial charge in [0.15, 0.2) is 5.75 Å². The lowest BCUT2D eigenvalue weighted by Crippen LogP contribution is -2.28. The number of carboxylic acids is 2. The SMILES string of the molecule is CCC1=C(C)C(Cc2[nH]c(Cc3[nH]c(/C=C4\NC(=O)[C@]5(C[SH+]5)[C@H]4CC)c(C)c3CCC(=O)O)c(CCC(=O)O)c2C)=NC1=O. The van der Waals surface area contributed by atoms with Crippen LogP contribution in [-0.4, -0.2) is 60.1 Å². The Morgan fingerprint density at radius 1 is 0.955 bits per heavy atom. The van der Waals surface area contributed by atoms with E-state index in [0.29, 0.717) is 32.1 Å². The van der Waals surface area contributed by atoms with Crippen LogP contribution in [0.5, 0.6) is 0 Å². The van der Waals surface area contributed by atoms with Gasteiger partial charge in [0.05, 0.1) is 11.6 Å². The normalized spacial score (nSPS) is 22.0. The number of nitrogens with zero attached hydrogens (tertiary/aromatic N) is 1. The number of carbonyl (C=O) groups excluding carboxylic acids is 2. The number of hydrogen-bond acceptors (Lipinski definition) is 4. The van der Waals surface area contributed by atoms with Gasteiger partial charge in [-0.1, -0.05) is 13.8 Å². The fourth-order valence-corrected chi connectivity index (χ4v) is 8.10. The Balaban J connectivity index is 1.52. The van der Waals surface area contributed by atoms with Crippen LogP contribution in [0.25, 0.3) is 6.08 Å². The standard InChI is InChI=1S/C33H40N4O6S/c1-6-19-16(3)25(36-31(19)42)12-23-17(4)20(8-10-29(38)39)26(34-23)14-27-21(9-11-30(40)41)18(5)24(35-27)13-28-22(7-2)33(15-44-33)32(43)37-28/h13,22,34-35H,6-12,14-15H2,1-5H3,(H,37,43)(H,38,39)(H,40,41)/p+1/b28-13-/t22-,33-/m0/s1. The molecule has 5 heterocycles. The number of aromatic amines is 2. The average Bonchev–Trinajstić information content (AvgIpc) is 3.46. The molecule has 1 spiro atoms. The molecule has 10 nitrogen and oxygen atoms in total. The average molecular weight is 622 g/mol. The number of carboxylic acid groups (broad SMARTS) is 2. The van der Waals surface area contributed by atoms with E-state index in [4.69, 9.17) is 0 Å². The van der Waals surface area contributed by atoms with Crippen LogP contribution in [0.1, 0.15) is 91.5 Å². The molecule has 2 atom stereocenters. The van der Waals surface area contributed by atoms with E-state index in [-0.39, 0.29) is 35.3 Å². The van der Waals surface area contributed by atoms with Gasteiger partial charge in [-0.15, -0.1) is 0 Å². The molecule has 0 unspecified atom stereocenters. The van der Waals surface area contributed by atoms with E-state index >= 15 is 0 Å². The number of aromatic nitrogens is 2. The number of rotatable bonds is 13. The number of allylic oxidation sites excluding steroid dienone is 2. The van der Waals surface area contributed by atoms with Crippen LogP contribution in [0, 0.1) is 19.8 Å². The van der Waals surface area contributed by atoms with Crippen LogP contribution in [-0.2, 0) is 56.6 Å². The van der Waals surface area contributed by atoms with Gasteiger partial charge in [-0.25, -0.2) is 4.99 Å². The van der Waals surface area contributed by atoms with E-state index in [1.165, 1.54) is 0 Å². The van der Waals surface area contributed by atoms with Crippen molar-refractivity contribution in [2.45, 2.75) is 90.7 Å². The second kappa shape index (κ2) is 12.3. The molecule has 0 saturated carbocycles. The first kappa shape index (κ1) is 31.6. The van der Waals surface area contributed by atoms with E-state index in [1.807, 2.05) is 33.8 Å². The summed E-state index contributed by atoms with van der Waals surface area (Å²) in [7, 11) is 0. The molecule has 3 aliphatic rings. The predicted molar refractivity (Wildman–Crippen MR) is 171 cm³/mol. The minimum atomic E-state index is -0.890. The Bertz CT molecular complexity index is 1650. The first-order valence-electron chi connectivity index (χ1n) is 15.3. The Morgan fingerprint density at radius 2 is 1.57 bits per heavy atom. The third-order valence-corrected chi connectivity index (χ3v) is 11.0. The maximum atomic E-state index is 12.8. The Hall–Kier alpha value is -3.86. The van der Waals surface area contributed by atoms with Crippen molar-refractivity contribution in [3.63, 3.8) is 0 Å². The van der Waals surface area contributed by atoms with Crippen LogP contribution in [0.2, 0.25) is 0 Å². The lowest BCUT2D eigenvalue weighted by molar-refractivity contribution is -0.138. The number of aliphatic imine (C=N–C) groups is 1. The third kappa shape index (κ3) is 5.81. The number of carbonyl (C=O) groups is 4. The summed E-state index contributed by atoms with van der Waals surface area (Å²) in [5, 5.41) is 22.1. The summed E-state index contributed by atoms with van der Waals surface area (Å²) in [5.74, 6) is -0.900. The van der Waals surface area contributed by atoms with Crippen LogP contribution >= 0.6 is 0 Å². The predicted octanol–water partition coefficient (Wildman–Crippen LogP) is 3.90. The van der Waals surface area contributed by atoms with Gasteiger partial charge in [0, 0.05) is 59.7 Å². The van der Waals surface area contributed by atoms with E-state index in [2.05, 4.69) is 27.2 Å². The molecule has 0 bridgehead atoms. The van der Waals surface area contributed by atoms with Crippen molar-refractivity contribution in [3.8, 4) is 0 Å². The van der Waals surface area contributed by atoms with E-state index in [0.717, 1.165) is 91.5 Å². The molecule has 234 valence electrons. The molecule has 2 fully saturated rings. The van der Waals surface area contributed by atoms with Crippen molar-refractivity contribution < 1.29 is 29.4 Å². The van der Waals surface area contributed by atoms with Crippen molar-refractivity contribution in [1.29, 1.82) is 0 Å². The van der Waals surface area contributed by atoms with Gasteiger partial charge in [0.2, 0.25) is 0 Å². The van der Waals surface area contributed by atoms with Crippen molar-refractivity contribution in [2.75, 3.05) is 5.75 Å². The first-order valence-corrected chi connectivity index (χ1v) is 16.3. The van der Waals surface area contributed by atoms with Gasteiger partial charge in [-0.3, -0.25) is 19.2 Å². The van der Waals surface area contributed by atoms with Crippen molar-refractivity contribution in [1.82, 2.24) is 15.3 Å². The van der Waals surface area contributed by atoms with Crippen molar-refractivity contribution in [2.24, 2.45) is 10.9 Å². The van der Waals surface area contributed by atoms with Gasteiger partial charge in [0.1, 0.15) is 0 Å². The van der Waals surface area contributed by atoms with Gasteiger partial charge in [0.25, 0.3) is 16.6 Å². The summed E-state index contributed by atoms with van der Waals surface area (Å²) in [5.41, 5.74) is 10.4. The molecule has 2 aromatic rings. The molecular weight excluding hydrogens is 580 g/mol. The second-order valence-electron chi connectivity index (χ2n) is 12.0. The Kier molecular flexibility index (Phi) is 8.80. The fourth-order valence-electron chi connectivity index (χ4n) is 6.83. The molecular formula is C33H41N4O6S+. The molecule has 3 aliphatic heterocycles. The molecule has 0 radical (unpaired) electrons. The minimum Gasteiger partial charge on any atom is -0.481 e. The first-order chi connectivity index (χ1) is 20.9. The van der Waals surface area contributed by atoms with E-state index in [9.17, 15) is 29.4 Å². The molecule has 2 amide bonds. The van der Waals surface area contributed by atoms with Crippen LogP contribution in [0.4, 0.5) is 0 Å². The van der Waals surface area contributed by atoms with Crippen molar-refractivity contribution >= 4 is 47.3 Å². The van der Waals surface area contributed by atoms with Gasteiger partial charge >= 0.3 is 11.9 Å². The summed E-state index contributed by atoms with van der Waals surface area (Å²) in [4.78, 5) is 59.7. The molecule has 0 aromatic carbocycles. The quantitative estimate of drug-likeness (QED) is 0.129. The topological polar surface area (TPSA) is 165 Å². The molecule has 5 rings (SSSR count). The highest BCUT2D eigenvalue weighted by Crippen LogP contribution is 2.46. The number of thiol groups is 1. The molecule has 5 N–H and O–H groups in total. The fraction of sp³-hybridized carbons (Fsp3) is 0.485. The van der Waals surface area contributed by atoms with Crippen molar-refractivity contribution in [3.05, 3.63) is 61.9 Å². The second-order valence-corrected chi connectivity index (χ2v) is 13.5. The smallest absolute Gasteiger partial charge is 0.303 e. The molecule has 0 aliphatic carbocycles. The molecule has 44 heavy (non-hydrogen) atoms. The number of H-pyrrole nitrogens is 2. The Morgan fingerprint density at radius 3 is 2.11 bits per heavy atom. The summed E-state index contributed by atoms with van der Waals surface area (Å²) >= 11 is 1.16. The highest BCUT2D eigenvalue weighted by molar-refractivity contribution is 7.89. The maximum Gasteiger partial charge on any atom is 0.303 e. The monoisotopic (exact) mass is 621 g/mol. The molecule has 2 aromatic heterocycles. The van der Waals surface area contributed by atoms with Gasteiger partial charge in [-0.2, -0.15) is 0 Å². The van der Waals surface area contributed by atoms with Crippen LogP contribution < -0.4 is 5.32 Å². The number of amides is 2. The zero-order valence-corrected chi connectivity index (χ0v) is 26.8. The Labute approximate surface area is 260 Å². The zero-order chi connectivity index (χ0) is 31.9. The lowest BCUT2D eigenvalue weighted by atomic mass is 9.91. The number of aliphatic carboxylic acids is 2. The van der Waals surface area contributed by atoms with Crippen LogP contribution in [0.3, 0.4) is 0 Å². The highest BCUT2D eigenvalue weighted by Gasteiger charge is 2.71. The zero-order valence-electron chi connectivity index (χ0n) is 25.9. The van der Waals surface area contributed by atoms with Gasteiger partial charge < -0.3 is 25.5 Å². The van der Waals surface area contributed by atoms with Crippen LogP contribution in [0.15, 0.2) is 21.8 Å². The van der Waals surface area contributed by atoms with Gasteiger partial charge in [-0.05, 0) is 92.1 Å². The number of nitrogens with one attached hydrogen (secondary N) is 3. The minimum absolute atomic E-state index is 0.0296.